The Labute approximate surface area is 65.6 Å². The van der Waals surface area contributed by atoms with Crippen LogP contribution in [0.3, 0.4) is 0 Å². The normalized spacial score (nSPS) is 9.00. The summed E-state index contributed by atoms with van der Waals surface area (Å²) in [5.41, 5.74) is 0. The van der Waals surface area contributed by atoms with Gasteiger partial charge in [0.15, 0.2) is 0 Å². The molecule has 0 bridgehead atoms. The molecule has 0 aliphatic rings. The van der Waals surface area contributed by atoms with E-state index in [9.17, 15) is 9.59 Å². The highest BCUT2D eigenvalue weighted by atomic mass is 32.1. The third-order valence-corrected chi connectivity index (χ3v) is 1.18. The lowest BCUT2D eigenvalue weighted by Crippen LogP contribution is -2.05. The Balaban J connectivity index is 3.65. The van der Waals surface area contributed by atoms with Gasteiger partial charge >= 0.3 is 0 Å². The minimum absolute atomic E-state index is 0.0197. The van der Waals surface area contributed by atoms with Crippen molar-refractivity contribution in [1.82, 2.24) is 0 Å². The van der Waals surface area contributed by atoms with Crippen LogP contribution < -0.4 is 0 Å². The predicted octanol–water partition coefficient (Wildman–Crippen LogP) is 1.31. The van der Waals surface area contributed by atoms with Crippen molar-refractivity contribution in [3.63, 3.8) is 0 Å². The summed E-state index contributed by atoms with van der Waals surface area (Å²) in [5.74, 6) is 0.0394. The maximum atomic E-state index is 10.4. The monoisotopic (exact) mass is 158 g/mol. The maximum Gasteiger partial charge on any atom is 0.134 e. The van der Waals surface area contributed by atoms with E-state index in [0.717, 1.165) is 0 Å². The van der Waals surface area contributed by atoms with Crippen LogP contribution in [0, 0.1) is 0 Å². The van der Waals surface area contributed by atoms with Crippen LogP contribution in [0.2, 0.25) is 0 Å². The lowest BCUT2D eigenvalue weighted by Gasteiger charge is -1.94. The van der Waals surface area contributed by atoms with Gasteiger partial charge in [0, 0.05) is 17.7 Å². The highest BCUT2D eigenvalue weighted by Gasteiger charge is 2.02. The number of carbonyl (C=O) groups is 2. The third kappa shape index (κ3) is 5.56. The van der Waals surface area contributed by atoms with E-state index < -0.39 is 0 Å². The van der Waals surface area contributed by atoms with E-state index in [1.54, 1.807) is 0 Å². The van der Waals surface area contributed by atoms with Crippen molar-refractivity contribution < 1.29 is 9.59 Å². The Morgan fingerprint density at radius 2 is 1.40 bits per heavy atom. The van der Waals surface area contributed by atoms with E-state index in [4.69, 9.17) is 12.2 Å². The molecule has 3 heteroatoms. The predicted molar refractivity (Wildman–Crippen MR) is 43.2 cm³/mol. The van der Waals surface area contributed by atoms with Crippen molar-refractivity contribution in [2.24, 2.45) is 0 Å². The van der Waals surface area contributed by atoms with Crippen LogP contribution in [0.25, 0.3) is 0 Å². The average Bonchev–Trinajstić information content (AvgIpc) is 1.58. The highest BCUT2D eigenvalue weighted by Crippen LogP contribution is 1.94. The number of rotatable bonds is 4. The largest absolute Gasteiger partial charge is 0.300 e. The first kappa shape index (κ1) is 9.43. The summed E-state index contributed by atoms with van der Waals surface area (Å²) in [6.07, 6.45) is 0.518. The molecule has 0 amide bonds. The van der Waals surface area contributed by atoms with Crippen molar-refractivity contribution >= 4 is 28.6 Å². The van der Waals surface area contributed by atoms with Gasteiger partial charge in [-0.3, -0.25) is 9.59 Å². The van der Waals surface area contributed by atoms with Gasteiger partial charge in [0.1, 0.15) is 11.6 Å². The first-order valence-electron chi connectivity index (χ1n) is 3.03. The van der Waals surface area contributed by atoms with Crippen LogP contribution in [0.15, 0.2) is 0 Å². The van der Waals surface area contributed by atoms with Crippen LogP contribution in [-0.2, 0) is 9.59 Å². The van der Waals surface area contributed by atoms with Gasteiger partial charge in [-0.15, -0.1) is 0 Å². The minimum atomic E-state index is 0.0197. The van der Waals surface area contributed by atoms with Crippen molar-refractivity contribution in [3.8, 4) is 0 Å². The molecule has 0 aromatic heterocycles. The molecule has 0 heterocycles. The molecule has 2 nitrogen and oxygen atoms in total. The smallest absolute Gasteiger partial charge is 0.134 e. The summed E-state index contributed by atoms with van der Waals surface area (Å²) in [6, 6.07) is 0. The highest BCUT2D eigenvalue weighted by molar-refractivity contribution is 7.80. The molecule has 0 rings (SSSR count). The van der Waals surface area contributed by atoms with Crippen LogP contribution in [0.5, 0.6) is 0 Å². The van der Waals surface area contributed by atoms with E-state index in [2.05, 4.69) is 0 Å². The molecule has 0 aliphatic heterocycles. The molecule has 56 valence electrons. The van der Waals surface area contributed by atoms with Crippen LogP contribution in [0.4, 0.5) is 0 Å². The number of ketones is 2. The fraction of sp³-hybridized carbons (Fsp3) is 0.571. The summed E-state index contributed by atoms with van der Waals surface area (Å²) in [5, 5.41) is 0. The Bertz CT molecular complexity index is 154. The molecule has 0 unspecified atom stereocenters. The van der Waals surface area contributed by atoms with Crippen molar-refractivity contribution in [3.05, 3.63) is 0 Å². The number of hydrogen-bond acceptors (Lipinski definition) is 3. The summed E-state index contributed by atoms with van der Waals surface area (Å²) in [6.45, 7) is 2.93. The first-order chi connectivity index (χ1) is 4.52. The second-order valence-corrected chi connectivity index (χ2v) is 2.87. The summed E-state index contributed by atoms with van der Waals surface area (Å²) in [4.78, 5) is 21.4. The van der Waals surface area contributed by atoms with Crippen LogP contribution in [-0.4, -0.2) is 16.4 Å². The number of hydrogen-bond donors (Lipinski definition) is 0. The topological polar surface area (TPSA) is 34.1 Å². The van der Waals surface area contributed by atoms with Gasteiger partial charge in [0.05, 0.1) is 0 Å². The molecule has 10 heavy (non-hydrogen) atoms. The second-order valence-electron chi connectivity index (χ2n) is 2.30. The zero-order valence-corrected chi connectivity index (χ0v) is 6.96. The molecule has 0 atom stereocenters. The van der Waals surface area contributed by atoms with Crippen molar-refractivity contribution in [1.29, 1.82) is 0 Å². The molecule has 0 N–H and O–H groups in total. The van der Waals surface area contributed by atoms with Gasteiger partial charge in [-0.1, -0.05) is 12.2 Å². The lowest BCUT2D eigenvalue weighted by molar-refractivity contribution is -0.115. The van der Waals surface area contributed by atoms with Crippen molar-refractivity contribution in [2.75, 3.05) is 0 Å². The van der Waals surface area contributed by atoms with E-state index in [1.807, 2.05) is 0 Å². The van der Waals surface area contributed by atoms with Gasteiger partial charge in [0.25, 0.3) is 0 Å². The Morgan fingerprint density at radius 1 is 1.10 bits per heavy atom. The van der Waals surface area contributed by atoms with Crippen LogP contribution in [0.1, 0.15) is 26.7 Å². The lowest BCUT2D eigenvalue weighted by atomic mass is 10.1. The molecule has 0 radical (unpaired) electrons. The summed E-state index contributed by atoms with van der Waals surface area (Å²) >= 11 is 4.76. The van der Waals surface area contributed by atoms with Gasteiger partial charge in [-0.2, -0.15) is 0 Å². The molecule has 0 saturated heterocycles. The average molecular weight is 158 g/mol. The Hall–Kier alpha value is -0.570. The molecule has 0 saturated carbocycles. The fourth-order valence-corrected chi connectivity index (χ4v) is 1.02. The maximum absolute atomic E-state index is 10.4. The zero-order valence-electron chi connectivity index (χ0n) is 6.14. The molecule has 0 spiro atoms. The summed E-state index contributed by atoms with van der Waals surface area (Å²) in [7, 11) is 0. The van der Waals surface area contributed by atoms with E-state index in [1.165, 1.54) is 13.8 Å². The number of thiocarbonyl (C=S) groups is 1. The van der Waals surface area contributed by atoms with E-state index >= 15 is 0 Å². The minimum Gasteiger partial charge on any atom is -0.300 e. The Morgan fingerprint density at radius 3 is 1.60 bits per heavy atom. The molecular weight excluding hydrogens is 148 g/mol. The molecule has 0 aromatic rings. The van der Waals surface area contributed by atoms with E-state index in [0.29, 0.717) is 4.86 Å². The van der Waals surface area contributed by atoms with Gasteiger partial charge in [-0.05, 0) is 13.8 Å². The number of carbonyl (C=O) groups excluding carboxylic acids is 2. The zero-order chi connectivity index (χ0) is 8.15. The van der Waals surface area contributed by atoms with Gasteiger partial charge in [0.2, 0.25) is 0 Å². The van der Waals surface area contributed by atoms with Crippen molar-refractivity contribution in [2.45, 2.75) is 26.7 Å². The van der Waals surface area contributed by atoms with E-state index in [-0.39, 0.29) is 24.4 Å². The van der Waals surface area contributed by atoms with Gasteiger partial charge in [-0.25, -0.2) is 0 Å². The SMILES string of the molecule is CC(=O)CC(=S)CC(C)=O. The standard InChI is InChI=1S/C7H10O2S/c1-5(8)3-7(10)4-6(2)9/h3-4H2,1-2H3. The quantitative estimate of drug-likeness (QED) is 0.578. The fourth-order valence-electron chi connectivity index (χ4n) is 0.618. The summed E-state index contributed by atoms with van der Waals surface area (Å²) < 4.78 is 0. The first-order valence-corrected chi connectivity index (χ1v) is 3.43. The molecule has 0 fully saturated rings. The van der Waals surface area contributed by atoms with Crippen LogP contribution >= 0.6 is 12.2 Å². The Kier molecular flexibility index (Phi) is 4.03. The second kappa shape index (κ2) is 4.28. The molecule has 0 aromatic carbocycles. The molecular formula is C7H10O2S. The third-order valence-electron chi connectivity index (χ3n) is 0.892. The number of Topliss-reactive ketones (excluding diaryl/α,β-unsaturated/α-hetero) is 2. The van der Waals surface area contributed by atoms with Gasteiger partial charge < -0.3 is 0 Å². The molecule has 0 aliphatic carbocycles.